The van der Waals surface area contributed by atoms with E-state index in [0.29, 0.717) is 6.04 Å². The summed E-state index contributed by atoms with van der Waals surface area (Å²) in [5.74, 6) is 0.956. The van der Waals surface area contributed by atoms with E-state index in [-0.39, 0.29) is 17.6 Å². The third-order valence-corrected chi connectivity index (χ3v) is 7.51. The molecule has 0 spiro atoms. The number of rotatable bonds is 6. The Morgan fingerprint density at radius 2 is 1.86 bits per heavy atom. The lowest BCUT2D eigenvalue weighted by Crippen LogP contribution is -2.45. The average molecular weight is 479 g/mol. The van der Waals surface area contributed by atoms with Gasteiger partial charge in [0.05, 0.1) is 5.69 Å². The highest BCUT2D eigenvalue weighted by Crippen LogP contribution is 2.27. The number of benzene rings is 1. The zero-order chi connectivity index (χ0) is 24.4. The lowest BCUT2D eigenvalue weighted by Gasteiger charge is -2.34. The van der Waals surface area contributed by atoms with Crippen LogP contribution in [0.25, 0.3) is 16.9 Å². The summed E-state index contributed by atoms with van der Waals surface area (Å²) in [7, 11) is 0. The van der Waals surface area contributed by atoms with E-state index in [4.69, 9.17) is 5.10 Å². The molecule has 2 aromatic heterocycles. The Balaban J connectivity index is 1.21. The monoisotopic (exact) mass is 478 g/mol. The van der Waals surface area contributed by atoms with Gasteiger partial charge in [-0.3, -0.25) is 9.69 Å². The van der Waals surface area contributed by atoms with Crippen LogP contribution in [-0.4, -0.2) is 64.2 Å². The van der Waals surface area contributed by atoms with Crippen LogP contribution >= 0.6 is 0 Å². The first-order valence-corrected chi connectivity index (χ1v) is 12.9. The highest BCUT2D eigenvalue weighted by molar-refractivity contribution is 5.79. The van der Waals surface area contributed by atoms with E-state index in [1.165, 1.54) is 31.4 Å². The van der Waals surface area contributed by atoms with E-state index in [9.17, 15) is 9.18 Å². The summed E-state index contributed by atoms with van der Waals surface area (Å²) in [6, 6.07) is 11.0. The first-order valence-electron chi connectivity index (χ1n) is 12.9. The van der Waals surface area contributed by atoms with Crippen molar-refractivity contribution in [2.45, 2.75) is 52.0 Å². The lowest BCUT2D eigenvalue weighted by molar-refractivity contribution is -0.125. The largest absolute Gasteiger partial charge is 0.356 e. The number of aryl methyl sites for hydroxylation is 1. The van der Waals surface area contributed by atoms with Crippen LogP contribution in [-0.2, 0) is 4.79 Å². The minimum atomic E-state index is -0.264. The maximum Gasteiger partial charge on any atom is 0.223 e. The van der Waals surface area contributed by atoms with E-state index in [1.54, 1.807) is 12.1 Å². The fourth-order valence-electron chi connectivity index (χ4n) is 5.39. The molecule has 35 heavy (non-hydrogen) atoms. The van der Waals surface area contributed by atoms with Gasteiger partial charge in [-0.2, -0.15) is 9.61 Å². The second-order valence-corrected chi connectivity index (χ2v) is 10.00. The third-order valence-electron chi connectivity index (χ3n) is 7.51. The number of piperidine rings is 2. The summed E-state index contributed by atoms with van der Waals surface area (Å²) in [5.41, 5.74) is 3.31. The molecule has 2 aliphatic rings. The molecular weight excluding hydrogens is 443 g/mol. The minimum Gasteiger partial charge on any atom is -0.356 e. The first-order chi connectivity index (χ1) is 17.0. The molecule has 1 amide bonds. The quantitative estimate of drug-likeness (QED) is 0.579. The van der Waals surface area contributed by atoms with Crippen molar-refractivity contribution in [2.75, 3.05) is 37.6 Å². The van der Waals surface area contributed by atoms with Crippen molar-refractivity contribution in [1.29, 1.82) is 0 Å². The van der Waals surface area contributed by atoms with Crippen LogP contribution in [0.2, 0.25) is 0 Å². The second kappa shape index (κ2) is 10.3. The van der Waals surface area contributed by atoms with Gasteiger partial charge in [-0.1, -0.05) is 6.42 Å². The third kappa shape index (κ3) is 5.32. The number of hydrogen-bond donors (Lipinski definition) is 1. The number of carbonyl (C=O) groups excluding carboxylic acids is 1. The van der Waals surface area contributed by atoms with Gasteiger partial charge in [-0.25, -0.2) is 9.37 Å². The normalized spacial score (nSPS) is 19.9. The first kappa shape index (κ1) is 23.7. The van der Waals surface area contributed by atoms with Gasteiger partial charge in [0, 0.05) is 61.5 Å². The number of halogens is 1. The highest BCUT2D eigenvalue weighted by atomic mass is 19.1. The van der Waals surface area contributed by atoms with Crippen LogP contribution in [0.1, 0.15) is 44.7 Å². The maximum atomic E-state index is 13.3. The molecule has 7 nitrogen and oxygen atoms in total. The van der Waals surface area contributed by atoms with Crippen LogP contribution < -0.4 is 10.2 Å². The molecule has 3 aromatic rings. The molecule has 1 N–H and O–H groups in total. The lowest BCUT2D eigenvalue weighted by atomic mass is 9.96. The molecule has 1 atom stereocenters. The summed E-state index contributed by atoms with van der Waals surface area (Å²) in [5, 5.41) is 7.97. The Morgan fingerprint density at radius 3 is 2.60 bits per heavy atom. The maximum absolute atomic E-state index is 13.3. The van der Waals surface area contributed by atoms with Gasteiger partial charge < -0.3 is 10.2 Å². The van der Waals surface area contributed by atoms with E-state index in [1.807, 2.05) is 17.5 Å². The number of anilines is 1. The fourth-order valence-corrected chi connectivity index (χ4v) is 5.39. The van der Waals surface area contributed by atoms with Crippen molar-refractivity contribution in [1.82, 2.24) is 24.8 Å². The number of amides is 1. The predicted molar refractivity (Wildman–Crippen MR) is 136 cm³/mol. The molecule has 1 aromatic carbocycles. The molecule has 2 saturated heterocycles. The van der Waals surface area contributed by atoms with Gasteiger partial charge in [0.15, 0.2) is 5.65 Å². The zero-order valence-corrected chi connectivity index (χ0v) is 20.7. The molecule has 0 unspecified atom stereocenters. The van der Waals surface area contributed by atoms with E-state index in [0.717, 1.165) is 74.0 Å². The van der Waals surface area contributed by atoms with Crippen LogP contribution in [0, 0.1) is 18.7 Å². The van der Waals surface area contributed by atoms with Gasteiger partial charge >= 0.3 is 0 Å². The van der Waals surface area contributed by atoms with Gasteiger partial charge in [0.25, 0.3) is 0 Å². The average Bonchev–Trinajstić information content (AvgIpc) is 3.29. The van der Waals surface area contributed by atoms with Crippen molar-refractivity contribution < 1.29 is 9.18 Å². The zero-order valence-electron chi connectivity index (χ0n) is 20.7. The molecule has 0 bridgehead atoms. The topological polar surface area (TPSA) is 65.8 Å². The number of hydrogen-bond acceptors (Lipinski definition) is 5. The van der Waals surface area contributed by atoms with Crippen LogP contribution in [0.3, 0.4) is 0 Å². The smallest absolute Gasteiger partial charge is 0.223 e. The predicted octanol–water partition coefficient (Wildman–Crippen LogP) is 4.05. The molecule has 2 aliphatic heterocycles. The number of nitrogens with zero attached hydrogens (tertiary/aromatic N) is 5. The summed E-state index contributed by atoms with van der Waals surface area (Å²) >= 11 is 0. The summed E-state index contributed by atoms with van der Waals surface area (Å²) in [6.07, 6.45) is 5.48. The fraction of sp³-hybridized carbons (Fsp3) is 0.519. The minimum absolute atomic E-state index is 0.0517. The van der Waals surface area contributed by atoms with E-state index in [2.05, 4.69) is 33.1 Å². The Morgan fingerprint density at radius 1 is 1.09 bits per heavy atom. The molecule has 186 valence electrons. The summed E-state index contributed by atoms with van der Waals surface area (Å²) in [6.45, 7) is 8.68. The van der Waals surface area contributed by atoms with E-state index < -0.39 is 0 Å². The van der Waals surface area contributed by atoms with Gasteiger partial charge in [-0.05, 0) is 70.3 Å². The molecular formula is C27H35FN6O. The second-order valence-electron chi connectivity index (χ2n) is 10.00. The number of fused-ring (bicyclic) bond motifs is 1. The van der Waals surface area contributed by atoms with Crippen molar-refractivity contribution in [2.24, 2.45) is 5.92 Å². The summed E-state index contributed by atoms with van der Waals surface area (Å²) < 4.78 is 15.2. The van der Waals surface area contributed by atoms with Crippen LogP contribution in [0.5, 0.6) is 0 Å². The molecule has 5 rings (SSSR count). The van der Waals surface area contributed by atoms with Gasteiger partial charge in [-0.15, -0.1) is 0 Å². The standard InChI is InChI=1S/C27H35FN6O/c1-19-17-26(34-25(30-19)18-24(31-34)21-6-8-23(28)9-7-21)33-14-10-22(11-15-33)27(35)29-12-16-32-13-4-3-5-20(32)2/h6-9,17-18,20,22H,3-5,10-16H2,1-2H3,(H,29,35)/t20-/m1/s1. The molecule has 4 heterocycles. The van der Waals surface area contributed by atoms with Crippen molar-refractivity contribution in [3.63, 3.8) is 0 Å². The van der Waals surface area contributed by atoms with Gasteiger partial charge in [0.2, 0.25) is 5.91 Å². The molecule has 0 aliphatic carbocycles. The Bertz CT molecular complexity index is 1170. The van der Waals surface area contributed by atoms with E-state index >= 15 is 0 Å². The van der Waals surface area contributed by atoms with Crippen molar-refractivity contribution in [3.8, 4) is 11.3 Å². The highest BCUT2D eigenvalue weighted by Gasteiger charge is 2.27. The number of likely N-dealkylation sites (tertiary alicyclic amines) is 1. The molecule has 0 radical (unpaired) electrons. The Kier molecular flexibility index (Phi) is 7.00. The van der Waals surface area contributed by atoms with Crippen molar-refractivity contribution in [3.05, 3.63) is 47.9 Å². The Labute approximate surface area is 206 Å². The van der Waals surface area contributed by atoms with Crippen LogP contribution in [0.15, 0.2) is 36.4 Å². The van der Waals surface area contributed by atoms with Crippen LogP contribution in [0.4, 0.5) is 10.2 Å². The molecule has 0 saturated carbocycles. The SMILES string of the molecule is Cc1cc(N2CCC(C(=O)NCCN3CCCC[C@H]3C)CC2)n2nc(-c3ccc(F)cc3)cc2n1. The van der Waals surface area contributed by atoms with Crippen molar-refractivity contribution >= 4 is 17.4 Å². The molecule has 8 heteroatoms. The number of carbonyl (C=O) groups is 1. The Hall–Kier alpha value is -3.00. The number of nitrogens with one attached hydrogen (secondary N) is 1. The van der Waals surface area contributed by atoms with Gasteiger partial charge in [0.1, 0.15) is 11.6 Å². The number of aromatic nitrogens is 3. The molecule has 2 fully saturated rings. The summed E-state index contributed by atoms with van der Waals surface area (Å²) in [4.78, 5) is 22.2.